The highest BCUT2D eigenvalue weighted by Gasteiger charge is 2.48. The molecule has 1 spiro atoms. The van der Waals surface area contributed by atoms with Crippen molar-refractivity contribution >= 4 is 5.91 Å². The van der Waals surface area contributed by atoms with E-state index in [0.29, 0.717) is 5.41 Å². The van der Waals surface area contributed by atoms with Gasteiger partial charge in [0, 0.05) is 36.9 Å². The van der Waals surface area contributed by atoms with E-state index in [2.05, 4.69) is 23.9 Å². The molecule has 1 aromatic heterocycles. The van der Waals surface area contributed by atoms with Gasteiger partial charge < -0.3 is 9.80 Å². The zero-order valence-corrected chi connectivity index (χ0v) is 11.7. The molecule has 0 N–H and O–H groups in total. The SMILES string of the molecule is CCc1ccc(C(=O)N2CC3(CCN(C)C3)C2)cn1. The summed E-state index contributed by atoms with van der Waals surface area (Å²) in [5.41, 5.74) is 2.13. The van der Waals surface area contributed by atoms with Crippen LogP contribution in [0.15, 0.2) is 18.3 Å². The van der Waals surface area contributed by atoms with E-state index in [-0.39, 0.29) is 5.91 Å². The molecular formula is C15H21N3O. The molecule has 0 aromatic carbocycles. The van der Waals surface area contributed by atoms with Gasteiger partial charge >= 0.3 is 0 Å². The lowest BCUT2D eigenvalue weighted by Crippen LogP contribution is -2.59. The number of aryl methyl sites for hydroxylation is 1. The topological polar surface area (TPSA) is 36.4 Å². The zero-order valence-electron chi connectivity index (χ0n) is 11.7. The van der Waals surface area contributed by atoms with Gasteiger partial charge in [-0.2, -0.15) is 0 Å². The Morgan fingerprint density at radius 3 is 2.68 bits per heavy atom. The fourth-order valence-electron chi connectivity index (χ4n) is 3.27. The Bertz CT molecular complexity index is 477. The molecule has 0 radical (unpaired) electrons. The van der Waals surface area contributed by atoms with E-state index in [1.807, 2.05) is 17.0 Å². The largest absolute Gasteiger partial charge is 0.337 e. The third-order valence-corrected chi connectivity index (χ3v) is 4.40. The molecule has 0 bridgehead atoms. The highest BCUT2D eigenvalue weighted by atomic mass is 16.2. The first-order valence-electron chi connectivity index (χ1n) is 7.05. The third kappa shape index (κ3) is 2.25. The van der Waals surface area contributed by atoms with Gasteiger partial charge in [-0.05, 0) is 38.6 Å². The Morgan fingerprint density at radius 2 is 2.16 bits per heavy atom. The summed E-state index contributed by atoms with van der Waals surface area (Å²) >= 11 is 0. The van der Waals surface area contributed by atoms with Crippen molar-refractivity contribution in [3.05, 3.63) is 29.6 Å². The molecule has 2 aliphatic heterocycles. The number of carbonyl (C=O) groups is 1. The summed E-state index contributed by atoms with van der Waals surface area (Å²) in [4.78, 5) is 20.9. The molecule has 0 unspecified atom stereocenters. The molecular weight excluding hydrogens is 238 g/mol. The van der Waals surface area contributed by atoms with Crippen molar-refractivity contribution in [2.24, 2.45) is 5.41 Å². The number of hydrogen-bond donors (Lipinski definition) is 0. The molecule has 2 fully saturated rings. The molecule has 102 valence electrons. The van der Waals surface area contributed by atoms with Crippen LogP contribution in [-0.2, 0) is 6.42 Å². The summed E-state index contributed by atoms with van der Waals surface area (Å²) < 4.78 is 0. The second-order valence-electron chi connectivity index (χ2n) is 6.04. The standard InChI is InChI=1S/C15H21N3O/c1-3-13-5-4-12(8-16-13)14(19)18-10-15(11-18)6-7-17(2)9-15/h4-5,8H,3,6-7,9-11H2,1-2H3. The highest BCUT2D eigenvalue weighted by molar-refractivity contribution is 5.94. The van der Waals surface area contributed by atoms with Gasteiger partial charge in [-0.15, -0.1) is 0 Å². The maximum Gasteiger partial charge on any atom is 0.255 e. The summed E-state index contributed by atoms with van der Waals surface area (Å²) in [6.07, 6.45) is 3.85. The quantitative estimate of drug-likeness (QED) is 0.806. The summed E-state index contributed by atoms with van der Waals surface area (Å²) in [5, 5.41) is 0. The normalized spacial score (nSPS) is 21.7. The average Bonchev–Trinajstić information content (AvgIpc) is 2.79. The van der Waals surface area contributed by atoms with E-state index in [1.54, 1.807) is 6.20 Å². The Morgan fingerprint density at radius 1 is 1.37 bits per heavy atom. The Kier molecular flexibility index (Phi) is 3.05. The van der Waals surface area contributed by atoms with Crippen LogP contribution in [0.5, 0.6) is 0 Å². The number of nitrogens with zero attached hydrogens (tertiary/aromatic N) is 3. The minimum Gasteiger partial charge on any atom is -0.337 e. The minimum atomic E-state index is 0.135. The molecule has 0 aliphatic carbocycles. The fourth-order valence-corrected chi connectivity index (χ4v) is 3.27. The minimum absolute atomic E-state index is 0.135. The van der Waals surface area contributed by atoms with Gasteiger partial charge in [-0.1, -0.05) is 6.92 Å². The van der Waals surface area contributed by atoms with Crippen LogP contribution in [0.4, 0.5) is 0 Å². The smallest absolute Gasteiger partial charge is 0.255 e. The van der Waals surface area contributed by atoms with Crippen molar-refractivity contribution in [2.75, 3.05) is 33.2 Å². The summed E-state index contributed by atoms with van der Waals surface area (Å²) in [6.45, 7) is 6.18. The number of likely N-dealkylation sites (tertiary alicyclic amines) is 2. The maximum atomic E-state index is 12.3. The lowest BCUT2D eigenvalue weighted by molar-refractivity contribution is 0.0118. The first kappa shape index (κ1) is 12.6. The third-order valence-electron chi connectivity index (χ3n) is 4.40. The predicted molar refractivity (Wildman–Crippen MR) is 74.1 cm³/mol. The predicted octanol–water partition coefficient (Wildman–Crippen LogP) is 1.42. The second-order valence-corrected chi connectivity index (χ2v) is 6.04. The number of amides is 1. The van der Waals surface area contributed by atoms with E-state index in [0.717, 1.165) is 43.9 Å². The van der Waals surface area contributed by atoms with Crippen LogP contribution in [0.3, 0.4) is 0 Å². The summed E-state index contributed by atoms with van der Waals surface area (Å²) in [6, 6.07) is 3.85. The number of hydrogen-bond acceptors (Lipinski definition) is 3. The van der Waals surface area contributed by atoms with Crippen molar-refractivity contribution in [1.29, 1.82) is 0 Å². The van der Waals surface area contributed by atoms with Crippen LogP contribution in [0.1, 0.15) is 29.4 Å². The van der Waals surface area contributed by atoms with Gasteiger partial charge in [0.25, 0.3) is 5.91 Å². The molecule has 0 atom stereocenters. The molecule has 4 heteroatoms. The molecule has 1 aromatic rings. The maximum absolute atomic E-state index is 12.3. The van der Waals surface area contributed by atoms with Crippen LogP contribution in [-0.4, -0.2) is 53.9 Å². The molecule has 2 saturated heterocycles. The van der Waals surface area contributed by atoms with Crippen molar-refractivity contribution in [3.63, 3.8) is 0 Å². The highest BCUT2D eigenvalue weighted by Crippen LogP contribution is 2.39. The number of carbonyl (C=O) groups excluding carboxylic acids is 1. The summed E-state index contributed by atoms with van der Waals surface area (Å²) in [7, 11) is 2.16. The van der Waals surface area contributed by atoms with Crippen molar-refractivity contribution in [3.8, 4) is 0 Å². The zero-order chi connectivity index (χ0) is 13.5. The molecule has 0 saturated carbocycles. The van der Waals surface area contributed by atoms with E-state index < -0.39 is 0 Å². The van der Waals surface area contributed by atoms with E-state index in [4.69, 9.17) is 0 Å². The van der Waals surface area contributed by atoms with E-state index in [1.165, 1.54) is 6.42 Å². The van der Waals surface area contributed by atoms with Gasteiger partial charge in [-0.25, -0.2) is 0 Å². The fraction of sp³-hybridized carbons (Fsp3) is 0.600. The lowest BCUT2D eigenvalue weighted by Gasteiger charge is -2.48. The van der Waals surface area contributed by atoms with Crippen molar-refractivity contribution in [2.45, 2.75) is 19.8 Å². The summed E-state index contributed by atoms with van der Waals surface area (Å²) in [5.74, 6) is 0.135. The van der Waals surface area contributed by atoms with E-state index in [9.17, 15) is 4.79 Å². The van der Waals surface area contributed by atoms with Gasteiger partial charge in [0.15, 0.2) is 0 Å². The number of rotatable bonds is 2. The average molecular weight is 259 g/mol. The van der Waals surface area contributed by atoms with Gasteiger partial charge in [-0.3, -0.25) is 9.78 Å². The number of aromatic nitrogens is 1. The number of pyridine rings is 1. The first-order chi connectivity index (χ1) is 9.12. The van der Waals surface area contributed by atoms with Crippen LogP contribution < -0.4 is 0 Å². The van der Waals surface area contributed by atoms with E-state index >= 15 is 0 Å². The molecule has 3 rings (SSSR count). The molecule has 2 aliphatic rings. The molecule has 19 heavy (non-hydrogen) atoms. The van der Waals surface area contributed by atoms with Crippen LogP contribution in [0.25, 0.3) is 0 Å². The lowest BCUT2D eigenvalue weighted by atomic mass is 9.79. The Hall–Kier alpha value is -1.42. The van der Waals surface area contributed by atoms with Gasteiger partial charge in [0.1, 0.15) is 0 Å². The monoisotopic (exact) mass is 259 g/mol. The Labute approximate surface area is 114 Å². The second kappa shape index (κ2) is 4.60. The molecule has 3 heterocycles. The van der Waals surface area contributed by atoms with Crippen LogP contribution in [0, 0.1) is 5.41 Å². The molecule has 1 amide bonds. The van der Waals surface area contributed by atoms with Crippen LogP contribution >= 0.6 is 0 Å². The van der Waals surface area contributed by atoms with Gasteiger partial charge in [0.05, 0.1) is 5.56 Å². The molecule has 4 nitrogen and oxygen atoms in total. The van der Waals surface area contributed by atoms with Crippen molar-refractivity contribution in [1.82, 2.24) is 14.8 Å². The van der Waals surface area contributed by atoms with Crippen molar-refractivity contribution < 1.29 is 4.79 Å². The van der Waals surface area contributed by atoms with Crippen LogP contribution in [0.2, 0.25) is 0 Å². The Balaban J connectivity index is 1.63. The first-order valence-corrected chi connectivity index (χ1v) is 7.05. The van der Waals surface area contributed by atoms with Gasteiger partial charge in [0.2, 0.25) is 0 Å².